The standard InChI is InChI=1S/C15H28F3N3O2/c1-11-6-12(2)8-21(7-11)9-13(3)20-14(22)19-4-5-23-10-15(16,17)18/h11-13H,4-10H2,1-3H3,(H2,19,20,22). The molecule has 0 aromatic heterocycles. The highest BCUT2D eigenvalue weighted by atomic mass is 19.4. The second kappa shape index (κ2) is 9.32. The minimum Gasteiger partial charge on any atom is -0.370 e. The van der Waals surface area contributed by atoms with Crippen LogP contribution in [0.5, 0.6) is 0 Å². The zero-order valence-corrected chi connectivity index (χ0v) is 14.1. The molecule has 2 N–H and O–H groups in total. The maximum Gasteiger partial charge on any atom is 0.411 e. The number of carbonyl (C=O) groups excluding carboxylic acids is 1. The first-order chi connectivity index (χ1) is 10.7. The lowest BCUT2D eigenvalue weighted by molar-refractivity contribution is -0.173. The van der Waals surface area contributed by atoms with Crippen molar-refractivity contribution in [1.82, 2.24) is 15.5 Å². The molecule has 136 valence electrons. The van der Waals surface area contributed by atoms with E-state index < -0.39 is 12.8 Å². The molecule has 5 nitrogen and oxygen atoms in total. The Balaban J connectivity index is 2.13. The van der Waals surface area contributed by atoms with Crippen molar-refractivity contribution in [1.29, 1.82) is 0 Å². The third-order valence-electron chi connectivity index (χ3n) is 3.65. The molecule has 0 bridgehead atoms. The number of urea groups is 1. The van der Waals surface area contributed by atoms with Crippen molar-refractivity contribution in [2.75, 3.05) is 39.4 Å². The van der Waals surface area contributed by atoms with Gasteiger partial charge < -0.3 is 20.3 Å². The molecule has 1 heterocycles. The fraction of sp³-hybridized carbons (Fsp3) is 0.933. The van der Waals surface area contributed by atoms with Crippen LogP contribution >= 0.6 is 0 Å². The van der Waals surface area contributed by atoms with Crippen LogP contribution in [0.3, 0.4) is 0 Å². The van der Waals surface area contributed by atoms with Gasteiger partial charge >= 0.3 is 12.2 Å². The first-order valence-electron chi connectivity index (χ1n) is 8.07. The lowest BCUT2D eigenvalue weighted by Gasteiger charge is -2.36. The molecule has 0 aromatic carbocycles. The van der Waals surface area contributed by atoms with E-state index in [2.05, 4.69) is 34.1 Å². The average molecular weight is 339 g/mol. The van der Waals surface area contributed by atoms with Gasteiger partial charge in [0, 0.05) is 32.2 Å². The van der Waals surface area contributed by atoms with Gasteiger partial charge in [0.25, 0.3) is 0 Å². The van der Waals surface area contributed by atoms with Crippen molar-refractivity contribution in [3.05, 3.63) is 0 Å². The lowest BCUT2D eigenvalue weighted by atomic mass is 9.92. The summed E-state index contributed by atoms with van der Waals surface area (Å²) < 4.78 is 40.0. The van der Waals surface area contributed by atoms with E-state index in [1.54, 1.807) is 0 Å². The van der Waals surface area contributed by atoms with Gasteiger partial charge in [-0.15, -0.1) is 0 Å². The van der Waals surface area contributed by atoms with Crippen molar-refractivity contribution >= 4 is 6.03 Å². The fourth-order valence-electron chi connectivity index (χ4n) is 3.07. The highest BCUT2D eigenvalue weighted by molar-refractivity contribution is 5.74. The van der Waals surface area contributed by atoms with E-state index in [1.807, 2.05) is 6.92 Å². The normalized spacial score (nSPS) is 24.3. The summed E-state index contributed by atoms with van der Waals surface area (Å²) in [5.41, 5.74) is 0. The van der Waals surface area contributed by atoms with E-state index in [0.717, 1.165) is 19.6 Å². The van der Waals surface area contributed by atoms with E-state index >= 15 is 0 Å². The molecule has 1 aliphatic rings. The maximum absolute atomic E-state index is 11.9. The molecule has 0 aliphatic carbocycles. The van der Waals surface area contributed by atoms with Gasteiger partial charge in [0.1, 0.15) is 6.61 Å². The van der Waals surface area contributed by atoms with Gasteiger partial charge in [-0.2, -0.15) is 13.2 Å². The van der Waals surface area contributed by atoms with Crippen LogP contribution in [-0.4, -0.2) is 62.5 Å². The molecule has 2 amide bonds. The van der Waals surface area contributed by atoms with E-state index in [0.29, 0.717) is 11.8 Å². The molecule has 23 heavy (non-hydrogen) atoms. The predicted octanol–water partition coefficient (Wildman–Crippen LogP) is 2.23. The summed E-state index contributed by atoms with van der Waals surface area (Å²) in [5.74, 6) is 1.32. The number of nitrogens with one attached hydrogen (secondary N) is 2. The van der Waals surface area contributed by atoms with Crippen LogP contribution in [0.25, 0.3) is 0 Å². The Morgan fingerprint density at radius 1 is 1.30 bits per heavy atom. The molecule has 3 atom stereocenters. The molecule has 0 aromatic rings. The Kier molecular flexibility index (Phi) is 8.11. The lowest BCUT2D eigenvalue weighted by Crippen LogP contribution is -2.49. The van der Waals surface area contributed by atoms with Gasteiger partial charge in [-0.05, 0) is 25.2 Å². The molecular formula is C15H28F3N3O2. The topological polar surface area (TPSA) is 53.6 Å². The van der Waals surface area contributed by atoms with Crippen LogP contribution in [0, 0.1) is 11.8 Å². The Bertz CT molecular complexity index is 356. The number of rotatable bonds is 7. The summed E-state index contributed by atoms with van der Waals surface area (Å²) in [4.78, 5) is 14.0. The number of hydrogen-bond acceptors (Lipinski definition) is 3. The molecule has 3 unspecified atom stereocenters. The average Bonchev–Trinajstić information content (AvgIpc) is 2.35. The number of alkyl halides is 3. The molecule has 0 radical (unpaired) electrons. The Morgan fingerprint density at radius 3 is 2.48 bits per heavy atom. The molecule has 1 aliphatic heterocycles. The van der Waals surface area contributed by atoms with E-state index in [1.165, 1.54) is 6.42 Å². The second-order valence-electron chi connectivity index (χ2n) is 6.63. The summed E-state index contributed by atoms with van der Waals surface area (Å²) in [7, 11) is 0. The minimum atomic E-state index is -4.33. The van der Waals surface area contributed by atoms with E-state index in [4.69, 9.17) is 0 Å². The van der Waals surface area contributed by atoms with E-state index in [9.17, 15) is 18.0 Å². The van der Waals surface area contributed by atoms with Crippen LogP contribution in [-0.2, 0) is 4.74 Å². The van der Waals surface area contributed by atoms with Crippen LogP contribution in [0.15, 0.2) is 0 Å². The van der Waals surface area contributed by atoms with E-state index in [-0.39, 0.29) is 25.2 Å². The number of nitrogens with zero attached hydrogens (tertiary/aromatic N) is 1. The summed E-state index contributed by atoms with van der Waals surface area (Å²) in [6.45, 7) is 7.80. The van der Waals surface area contributed by atoms with Crippen LogP contribution in [0.4, 0.5) is 18.0 Å². The van der Waals surface area contributed by atoms with Crippen molar-refractivity contribution in [3.63, 3.8) is 0 Å². The van der Waals surface area contributed by atoms with Crippen molar-refractivity contribution < 1.29 is 22.7 Å². The van der Waals surface area contributed by atoms with Gasteiger partial charge in [-0.25, -0.2) is 4.79 Å². The van der Waals surface area contributed by atoms with Gasteiger partial charge in [0.05, 0.1) is 6.61 Å². The first-order valence-corrected chi connectivity index (χ1v) is 8.07. The number of hydrogen-bond donors (Lipinski definition) is 2. The second-order valence-corrected chi connectivity index (χ2v) is 6.63. The maximum atomic E-state index is 11.9. The van der Waals surface area contributed by atoms with Crippen molar-refractivity contribution in [2.45, 2.75) is 39.4 Å². The van der Waals surface area contributed by atoms with Gasteiger partial charge in [0.2, 0.25) is 0 Å². The molecule has 1 fully saturated rings. The van der Waals surface area contributed by atoms with Gasteiger partial charge in [-0.3, -0.25) is 0 Å². The third kappa shape index (κ3) is 9.65. The van der Waals surface area contributed by atoms with Crippen LogP contribution in [0.1, 0.15) is 27.2 Å². The molecular weight excluding hydrogens is 311 g/mol. The zero-order valence-electron chi connectivity index (χ0n) is 14.1. The van der Waals surface area contributed by atoms with Crippen molar-refractivity contribution in [2.24, 2.45) is 11.8 Å². The SMILES string of the molecule is CC1CC(C)CN(CC(C)NC(=O)NCCOCC(F)(F)F)C1. The molecule has 1 saturated heterocycles. The fourth-order valence-corrected chi connectivity index (χ4v) is 3.07. The number of halogens is 3. The predicted molar refractivity (Wildman–Crippen MR) is 82.3 cm³/mol. The number of ether oxygens (including phenoxy) is 1. The number of piperidine rings is 1. The molecule has 0 saturated carbocycles. The first kappa shape index (κ1) is 20.0. The molecule has 8 heteroatoms. The van der Waals surface area contributed by atoms with Gasteiger partial charge in [-0.1, -0.05) is 13.8 Å². The third-order valence-corrected chi connectivity index (χ3v) is 3.65. The Labute approximate surface area is 135 Å². The summed E-state index contributed by atoms with van der Waals surface area (Å²) >= 11 is 0. The Hall–Kier alpha value is -1.02. The molecule has 1 rings (SSSR count). The molecule has 0 spiro atoms. The van der Waals surface area contributed by atoms with Gasteiger partial charge in [0.15, 0.2) is 0 Å². The zero-order chi connectivity index (χ0) is 17.5. The quantitative estimate of drug-likeness (QED) is 0.700. The minimum absolute atomic E-state index is 0.0245. The Morgan fingerprint density at radius 2 is 1.91 bits per heavy atom. The number of carbonyl (C=O) groups is 1. The number of amides is 2. The summed E-state index contributed by atoms with van der Waals surface area (Å²) in [6, 6.07) is -0.408. The highest BCUT2D eigenvalue weighted by Gasteiger charge is 2.27. The largest absolute Gasteiger partial charge is 0.411 e. The van der Waals surface area contributed by atoms with Crippen LogP contribution in [0.2, 0.25) is 0 Å². The smallest absolute Gasteiger partial charge is 0.370 e. The monoisotopic (exact) mass is 339 g/mol. The summed E-state index contributed by atoms with van der Waals surface area (Å²) in [5, 5.41) is 5.29. The number of likely N-dealkylation sites (tertiary alicyclic amines) is 1. The van der Waals surface area contributed by atoms with Crippen LogP contribution < -0.4 is 10.6 Å². The van der Waals surface area contributed by atoms with Crippen molar-refractivity contribution in [3.8, 4) is 0 Å². The summed E-state index contributed by atoms with van der Waals surface area (Å²) in [6.07, 6.45) is -3.10. The highest BCUT2D eigenvalue weighted by Crippen LogP contribution is 2.20.